The molecule has 0 unspecified atom stereocenters. The Morgan fingerprint density at radius 3 is 2.63 bits per heavy atom. The molecule has 1 amide bonds. The van der Waals surface area contributed by atoms with Gasteiger partial charge in [-0.1, -0.05) is 41.2 Å². The van der Waals surface area contributed by atoms with Gasteiger partial charge in [-0.2, -0.15) is 0 Å². The van der Waals surface area contributed by atoms with Gasteiger partial charge in [-0.25, -0.2) is 4.98 Å². The van der Waals surface area contributed by atoms with E-state index in [2.05, 4.69) is 20.4 Å². The maximum Gasteiger partial charge on any atom is 0.255 e. The highest BCUT2D eigenvalue weighted by Crippen LogP contribution is 2.24. The Morgan fingerprint density at radius 2 is 1.93 bits per heavy atom. The molecule has 4 aromatic rings. The highest BCUT2D eigenvalue weighted by molar-refractivity contribution is 7.98. The zero-order valence-electron chi connectivity index (χ0n) is 14.9. The number of aryl methyl sites for hydroxylation is 2. The number of nitrogens with zero attached hydrogens (tertiary/aromatic N) is 2. The van der Waals surface area contributed by atoms with Crippen molar-refractivity contribution in [3.63, 3.8) is 0 Å². The number of carbonyl (C=O) groups excluding carboxylic acids is 1. The van der Waals surface area contributed by atoms with Crippen molar-refractivity contribution in [1.82, 2.24) is 15.1 Å². The van der Waals surface area contributed by atoms with Gasteiger partial charge in [0.25, 0.3) is 5.91 Å². The van der Waals surface area contributed by atoms with Gasteiger partial charge in [-0.05, 0) is 43.7 Å². The van der Waals surface area contributed by atoms with E-state index in [-0.39, 0.29) is 5.91 Å². The minimum Gasteiger partial charge on any atom is -0.359 e. The van der Waals surface area contributed by atoms with Gasteiger partial charge in [0.05, 0.1) is 11.0 Å². The summed E-state index contributed by atoms with van der Waals surface area (Å²) in [5.74, 6) is 1.19. The van der Waals surface area contributed by atoms with Crippen LogP contribution >= 0.6 is 11.8 Å². The topological polar surface area (TPSA) is 83.8 Å². The molecule has 2 aromatic heterocycles. The minimum atomic E-state index is -0.180. The molecule has 27 heavy (non-hydrogen) atoms. The third kappa shape index (κ3) is 3.73. The summed E-state index contributed by atoms with van der Waals surface area (Å²) in [5, 5.41) is 7.58. The largest absolute Gasteiger partial charge is 0.359 e. The maximum atomic E-state index is 12.4. The van der Waals surface area contributed by atoms with E-state index in [4.69, 9.17) is 4.52 Å². The third-order valence-electron chi connectivity index (χ3n) is 4.23. The van der Waals surface area contributed by atoms with Crippen LogP contribution in [-0.2, 0) is 5.75 Å². The Kier molecular flexibility index (Phi) is 4.68. The fourth-order valence-corrected chi connectivity index (χ4v) is 3.59. The summed E-state index contributed by atoms with van der Waals surface area (Å²) in [6.45, 7) is 3.57. The molecule has 0 fully saturated rings. The molecule has 2 N–H and O–H groups in total. The number of imidazole rings is 1. The van der Waals surface area contributed by atoms with Crippen LogP contribution in [0.15, 0.2) is 58.2 Å². The first-order valence-corrected chi connectivity index (χ1v) is 9.49. The Bertz CT molecular complexity index is 1050. The predicted molar refractivity (Wildman–Crippen MR) is 106 cm³/mol. The molecule has 0 bridgehead atoms. The highest BCUT2D eigenvalue weighted by atomic mass is 32.2. The summed E-state index contributed by atoms with van der Waals surface area (Å²) < 4.78 is 5.07. The van der Waals surface area contributed by atoms with Gasteiger partial charge in [0.15, 0.2) is 10.9 Å². The molecule has 4 rings (SSSR count). The van der Waals surface area contributed by atoms with E-state index < -0.39 is 0 Å². The smallest absolute Gasteiger partial charge is 0.255 e. The van der Waals surface area contributed by atoms with E-state index in [1.165, 1.54) is 0 Å². The predicted octanol–water partition coefficient (Wildman–Crippen LogP) is 4.71. The number of fused-ring (bicyclic) bond motifs is 1. The van der Waals surface area contributed by atoms with Crippen molar-refractivity contribution in [2.45, 2.75) is 24.8 Å². The van der Waals surface area contributed by atoms with Crippen molar-refractivity contribution < 1.29 is 9.32 Å². The summed E-state index contributed by atoms with van der Waals surface area (Å²) in [5.41, 5.74) is 5.00. The van der Waals surface area contributed by atoms with Gasteiger partial charge in [0.2, 0.25) is 0 Å². The SMILES string of the molecule is Cc1noc(C)c1NC(=O)c1ccc(CSc2nc3ccccc3[nH]2)cc1. The van der Waals surface area contributed by atoms with E-state index in [9.17, 15) is 4.79 Å². The second kappa shape index (κ2) is 7.28. The lowest BCUT2D eigenvalue weighted by atomic mass is 10.1. The monoisotopic (exact) mass is 378 g/mol. The standard InChI is InChI=1S/C20H18N4O2S/c1-12-18(13(2)26-24-12)23-19(25)15-9-7-14(8-10-15)11-27-20-21-16-5-3-4-6-17(16)22-20/h3-10H,11H2,1-2H3,(H,21,22)(H,23,25). The van der Waals surface area contributed by atoms with E-state index in [1.54, 1.807) is 25.6 Å². The number of nitrogens with one attached hydrogen (secondary N) is 2. The number of aromatic nitrogens is 3. The van der Waals surface area contributed by atoms with Crippen LogP contribution in [0.25, 0.3) is 11.0 Å². The molecule has 2 aromatic carbocycles. The number of carbonyl (C=O) groups is 1. The first-order chi connectivity index (χ1) is 13.1. The Labute approximate surface area is 160 Å². The van der Waals surface area contributed by atoms with E-state index in [0.29, 0.717) is 22.7 Å². The number of hydrogen-bond acceptors (Lipinski definition) is 5. The van der Waals surface area contributed by atoms with Crippen molar-refractivity contribution in [1.29, 1.82) is 0 Å². The lowest BCUT2D eigenvalue weighted by Crippen LogP contribution is -2.12. The Morgan fingerprint density at radius 1 is 1.15 bits per heavy atom. The van der Waals surface area contributed by atoms with Gasteiger partial charge in [0.1, 0.15) is 11.4 Å². The molecule has 136 valence electrons. The average Bonchev–Trinajstić information content (AvgIpc) is 3.24. The molecule has 0 radical (unpaired) electrons. The second-order valence-electron chi connectivity index (χ2n) is 6.20. The molecule has 7 heteroatoms. The van der Waals surface area contributed by atoms with Crippen LogP contribution in [0.5, 0.6) is 0 Å². The number of anilines is 1. The number of rotatable bonds is 5. The normalized spacial score (nSPS) is 11.0. The van der Waals surface area contributed by atoms with Crippen molar-refractivity contribution in [2.75, 3.05) is 5.32 Å². The molecule has 2 heterocycles. The first-order valence-electron chi connectivity index (χ1n) is 8.51. The van der Waals surface area contributed by atoms with Gasteiger partial charge >= 0.3 is 0 Å². The van der Waals surface area contributed by atoms with Crippen LogP contribution < -0.4 is 5.32 Å². The summed E-state index contributed by atoms with van der Waals surface area (Å²) >= 11 is 1.63. The van der Waals surface area contributed by atoms with E-state index >= 15 is 0 Å². The van der Waals surface area contributed by atoms with Crippen LogP contribution in [0.4, 0.5) is 5.69 Å². The van der Waals surface area contributed by atoms with Crippen LogP contribution in [0, 0.1) is 13.8 Å². The molecular formula is C20H18N4O2S. The van der Waals surface area contributed by atoms with Crippen LogP contribution in [-0.4, -0.2) is 21.0 Å². The number of thioether (sulfide) groups is 1. The molecular weight excluding hydrogens is 360 g/mol. The average molecular weight is 378 g/mol. The molecule has 0 aliphatic carbocycles. The first kappa shape index (κ1) is 17.4. The summed E-state index contributed by atoms with van der Waals surface area (Å²) in [6.07, 6.45) is 0. The Balaban J connectivity index is 1.40. The summed E-state index contributed by atoms with van der Waals surface area (Å²) in [6, 6.07) is 15.5. The van der Waals surface area contributed by atoms with Gasteiger partial charge in [0, 0.05) is 11.3 Å². The molecule has 0 saturated heterocycles. The third-order valence-corrected chi connectivity index (χ3v) is 5.18. The lowest BCUT2D eigenvalue weighted by molar-refractivity contribution is 0.102. The quantitative estimate of drug-likeness (QED) is 0.491. The van der Waals surface area contributed by atoms with Crippen LogP contribution in [0.3, 0.4) is 0 Å². The number of para-hydroxylation sites is 2. The van der Waals surface area contributed by atoms with Crippen LogP contribution in [0.1, 0.15) is 27.4 Å². The molecule has 0 atom stereocenters. The van der Waals surface area contributed by atoms with Crippen molar-refractivity contribution in [3.8, 4) is 0 Å². The fourth-order valence-electron chi connectivity index (χ4n) is 2.75. The highest BCUT2D eigenvalue weighted by Gasteiger charge is 2.13. The maximum absolute atomic E-state index is 12.4. The Hall–Kier alpha value is -3.06. The minimum absolute atomic E-state index is 0.180. The van der Waals surface area contributed by atoms with Crippen molar-refractivity contribution in [2.24, 2.45) is 0 Å². The van der Waals surface area contributed by atoms with Gasteiger partial charge in [-0.3, -0.25) is 4.79 Å². The number of H-pyrrole nitrogens is 1. The lowest BCUT2D eigenvalue weighted by Gasteiger charge is -2.05. The van der Waals surface area contributed by atoms with E-state index in [1.807, 2.05) is 48.5 Å². The molecule has 0 spiro atoms. The van der Waals surface area contributed by atoms with Crippen molar-refractivity contribution in [3.05, 3.63) is 71.1 Å². The fraction of sp³-hybridized carbons (Fsp3) is 0.150. The number of benzene rings is 2. The van der Waals surface area contributed by atoms with Gasteiger partial charge < -0.3 is 14.8 Å². The molecule has 0 aliphatic rings. The molecule has 0 aliphatic heterocycles. The zero-order valence-corrected chi connectivity index (χ0v) is 15.8. The number of amides is 1. The number of hydrogen-bond donors (Lipinski definition) is 2. The van der Waals surface area contributed by atoms with Crippen LogP contribution in [0.2, 0.25) is 0 Å². The molecule has 6 nitrogen and oxygen atoms in total. The summed E-state index contributed by atoms with van der Waals surface area (Å²) in [4.78, 5) is 20.3. The van der Waals surface area contributed by atoms with Crippen molar-refractivity contribution >= 4 is 34.4 Å². The second-order valence-corrected chi connectivity index (χ2v) is 7.16. The number of aromatic amines is 1. The van der Waals surface area contributed by atoms with Gasteiger partial charge in [-0.15, -0.1) is 0 Å². The summed E-state index contributed by atoms with van der Waals surface area (Å²) in [7, 11) is 0. The molecule has 0 saturated carbocycles. The van der Waals surface area contributed by atoms with E-state index in [0.717, 1.165) is 27.5 Å². The zero-order chi connectivity index (χ0) is 18.8.